The number of para-hydroxylation sites is 5. The van der Waals surface area contributed by atoms with Gasteiger partial charge in [0.25, 0.3) is 0 Å². The van der Waals surface area contributed by atoms with Gasteiger partial charge in [-0.05, 0) is 106 Å². The molecule has 12 aromatic rings. The van der Waals surface area contributed by atoms with Crippen molar-refractivity contribution in [2.75, 3.05) is 0 Å². The van der Waals surface area contributed by atoms with Crippen molar-refractivity contribution in [3.05, 3.63) is 229 Å². The van der Waals surface area contributed by atoms with Gasteiger partial charge in [0.1, 0.15) is 11.3 Å². The summed E-state index contributed by atoms with van der Waals surface area (Å²) in [5, 5.41) is 6.21. The van der Waals surface area contributed by atoms with Crippen LogP contribution >= 0.6 is 0 Å². The van der Waals surface area contributed by atoms with Gasteiger partial charge in [0.15, 0.2) is 0 Å². The van der Waals surface area contributed by atoms with Crippen LogP contribution in [0.5, 0.6) is 0 Å². The van der Waals surface area contributed by atoms with E-state index in [2.05, 4.69) is 215 Å². The SMILES string of the molecule is c1ccc2c(c1)-c1ccc(-c3ccc(-n4c5ccccc5c5ccccc54)cc3)cc1C21c2cc(-n3c4ccccc4c4ccccc43)ccc2-c2oc3ccccc3c21. The number of hydrogen-bond acceptors (Lipinski definition) is 1. The molecule has 0 amide bonds. The standard InChI is InChI=1S/C57H34N2O/c1-7-19-47-39(13-1)40-31-27-36(35-25-28-37(29-26-35)58-50-20-8-2-14-41(50)42-15-3-9-21-51(42)58)33-48(40)57(47)49-34-38(30-32-45(49)56-55(57)46-18-6-12-24-54(46)60-56)59-52-22-10-4-16-43(52)44-17-5-11-23-53(44)59/h1-34H. The molecule has 1 spiro atoms. The highest BCUT2D eigenvalue weighted by atomic mass is 16.3. The van der Waals surface area contributed by atoms with Crippen LogP contribution < -0.4 is 0 Å². The van der Waals surface area contributed by atoms with E-state index in [4.69, 9.17) is 4.42 Å². The van der Waals surface area contributed by atoms with Gasteiger partial charge in [-0.1, -0.05) is 140 Å². The topological polar surface area (TPSA) is 23.0 Å². The lowest BCUT2D eigenvalue weighted by molar-refractivity contribution is 0.628. The molecule has 2 aliphatic rings. The number of aromatic nitrogens is 2. The highest BCUT2D eigenvalue weighted by Gasteiger charge is 2.54. The van der Waals surface area contributed by atoms with Crippen molar-refractivity contribution >= 4 is 54.6 Å². The molecule has 2 aliphatic carbocycles. The fraction of sp³-hybridized carbons (Fsp3) is 0.0175. The average Bonchev–Trinajstić information content (AvgIpc) is 4.09. The number of nitrogens with zero attached hydrogens (tertiary/aromatic N) is 2. The first-order valence-electron chi connectivity index (χ1n) is 20.8. The van der Waals surface area contributed by atoms with Crippen molar-refractivity contribution in [2.24, 2.45) is 0 Å². The van der Waals surface area contributed by atoms with Crippen LogP contribution in [0, 0.1) is 0 Å². The lowest BCUT2D eigenvalue weighted by Crippen LogP contribution is -2.26. The smallest absolute Gasteiger partial charge is 0.140 e. The molecule has 60 heavy (non-hydrogen) atoms. The normalized spacial score (nSPS) is 15.1. The Morgan fingerprint density at radius 1 is 0.333 bits per heavy atom. The van der Waals surface area contributed by atoms with E-state index in [0.717, 1.165) is 33.7 Å². The third kappa shape index (κ3) is 3.99. The largest absolute Gasteiger partial charge is 0.456 e. The summed E-state index contributed by atoms with van der Waals surface area (Å²) in [6.07, 6.45) is 0. The third-order valence-electron chi connectivity index (χ3n) is 13.5. The van der Waals surface area contributed by atoms with E-state index in [1.165, 1.54) is 88.1 Å². The molecular weight excluding hydrogens is 729 g/mol. The molecule has 3 heterocycles. The zero-order chi connectivity index (χ0) is 39.1. The van der Waals surface area contributed by atoms with Crippen molar-refractivity contribution in [1.29, 1.82) is 0 Å². The summed E-state index contributed by atoms with van der Waals surface area (Å²) in [6.45, 7) is 0. The van der Waals surface area contributed by atoms with Gasteiger partial charge in [-0.2, -0.15) is 0 Å². The second kappa shape index (κ2) is 11.6. The monoisotopic (exact) mass is 762 g/mol. The van der Waals surface area contributed by atoms with Gasteiger partial charge in [0.05, 0.1) is 27.5 Å². The van der Waals surface area contributed by atoms with Gasteiger partial charge < -0.3 is 13.6 Å². The van der Waals surface area contributed by atoms with Gasteiger partial charge in [-0.15, -0.1) is 0 Å². The van der Waals surface area contributed by atoms with Crippen LogP contribution in [0.15, 0.2) is 211 Å². The minimum atomic E-state index is -0.600. The molecule has 3 nitrogen and oxygen atoms in total. The Balaban J connectivity index is 1.01. The number of fused-ring (bicyclic) bond motifs is 18. The number of rotatable bonds is 3. The summed E-state index contributed by atoms with van der Waals surface area (Å²) in [5.41, 5.74) is 18.6. The Morgan fingerprint density at radius 3 is 1.45 bits per heavy atom. The molecule has 0 radical (unpaired) electrons. The number of furan rings is 1. The molecule has 0 fully saturated rings. The minimum Gasteiger partial charge on any atom is -0.456 e. The first kappa shape index (κ1) is 32.1. The summed E-state index contributed by atoms with van der Waals surface area (Å²) in [6, 6.07) is 75.9. The second-order valence-corrected chi connectivity index (χ2v) is 16.4. The molecule has 9 aromatic carbocycles. The maximum absolute atomic E-state index is 6.94. The predicted octanol–water partition coefficient (Wildman–Crippen LogP) is 14.6. The lowest BCUT2D eigenvalue weighted by Gasteiger charge is -2.30. The predicted molar refractivity (Wildman–Crippen MR) is 247 cm³/mol. The van der Waals surface area contributed by atoms with Gasteiger partial charge in [0, 0.05) is 49.4 Å². The molecule has 1 unspecified atom stereocenters. The molecule has 278 valence electrons. The summed E-state index contributed by atoms with van der Waals surface area (Å²) in [4.78, 5) is 0. The highest BCUT2D eigenvalue weighted by Crippen LogP contribution is 2.65. The summed E-state index contributed by atoms with van der Waals surface area (Å²) in [7, 11) is 0. The fourth-order valence-electron chi connectivity index (χ4n) is 11.1. The summed E-state index contributed by atoms with van der Waals surface area (Å²) >= 11 is 0. The van der Waals surface area contributed by atoms with Crippen LogP contribution in [0.2, 0.25) is 0 Å². The van der Waals surface area contributed by atoms with Crippen molar-refractivity contribution in [3.63, 3.8) is 0 Å². The summed E-state index contributed by atoms with van der Waals surface area (Å²) < 4.78 is 11.8. The Morgan fingerprint density at radius 2 is 0.800 bits per heavy atom. The van der Waals surface area contributed by atoms with E-state index < -0.39 is 5.41 Å². The Labute approximate surface area is 345 Å². The van der Waals surface area contributed by atoms with Gasteiger partial charge >= 0.3 is 0 Å². The molecule has 0 saturated heterocycles. The van der Waals surface area contributed by atoms with Crippen molar-refractivity contribution in [3.8, 4) is 45.0 Å². The van der Waals surface area contributed by atoms with Crippen LogP contribution in [-0.2, 0) is 5.41 Å². The molecule has 3 heteroatoms. The zero-order valence-corrected chi connectivity index (χ0v) is 32.4. The molecular formula is C57H34N2O. The van der Waals surface area contributed by atoms with Crippen molar-refractivity contribution in [2.45, 2.75) is 5.41 Å². The van der Waals surface area contributed by atoms with Crippen LogP contribution in [-0.4, -0.2) is 9.13 Å². The minimum absolute atomic E-state index is 0.600. The van der Waals surface area contributed by atoms with E-state index in [0.29, 0.717) is 0 Å². The zero-order valence-electron chi connectivity index (χ0n) is 32.4. The molecule has 3 aromatic heterocycles. The van der Waals surface area contributed by atoms with Crippen LogP contribution in [0.25, 0.3) is 99.5 Å². The summed E-state index contributed by atoms with van der Waals surface area (Å²) in [5.74, 6) is 0.962. The molecule has 0 N–H and O–H groups in total. The maximum atomic E-state index is 6.94. The molecule has 14 rings (SSSR count). The van der Waals surface area contributed by atoms with Gasteiger partial charge in [-0.25, -0.2) is 0 Å². The Hall–Kier alpha value is -7.88. The second-order valence-electron chi connectivity index (χ2n) is 16.4. The lowest BCUT2D eigenvalue weighted by atomic mass is 9.69. The highest BCUT2D eigenvalue weighted by molar-refractivity contribution is 6.11. The van der Waals surface area contributed by atoms with Crippen molar-refractivity contribution in [1.82, 2.24) is 9.13 Å². The van der Waals surface area contributed by atoms with Crippen molar-refractivity contribution < 1.29 is 4.42 Å². The van der Waals surface area contributed by atoms with Crippen LogP contribution in [0.4, 0.5) is 0 Å². The van der Waals surface area contributed by atoms with E-state index in [-0.39, 0.29) is 0 Å². The van der Waals surface area contributed by atoms with E-state index in [1.54, 1.807) is 0 Å². The molecule has 0 saturated carbocycles. The first-order valence-corrected chi connectivity index (χ1v) is 20.8. The number of benzene rings is 9. The molecule has 0 bridgehead atoms. The average molecular weight is 763 g/mol. The van der Waals surface area contributed by atoms with Crippen LogP contribution in [0.3, 0.4) is 0 Å². The van der Waals surface area contributed by atoms with Crippen LogP contribution in [0.1, 0.15) is 22.3 Å². The Kier molecular flexibility index (Phi) is 6.22. The molecule has 1 atom stereocenters. The first-order chi connectivity index (χ1) is 29.8. The fourth-order valence-corrected chi connectivity index (χ4v) is 11.1. The molecule has 0 aliphatic heterocycles. The van der Waals surface area contributed by atoms with E-state index >= 15 is 0 Å². The van der Waals surface area contributed by atoms with E-state index in [1.807, 2.05) is 0 Å². The van der Waals surface area contributed by atoms with E-state index in [9.17, 15) is 0 Å². The third-order valence-corrected chi connectivity index (χ3v) is 13.5. The maximum Gasteiger partial charge on any atom is 0.140 e. The van der Waals surface area contributed by atoms with Gasteiger partial charge in [-0.3, -0.25) is 0 Å². The quantitative estimate of drug-likeness (QED) is 0.176. The van der Waals surface area contributed by atoms with Gasteiger partial charge in [0.2, 0.25) is 0 Å². The number of hydrogen-bond donors (Lipinski definition) is 0. The Bertz CT molecular complexity index is 3680.